The van der Waals surface area contributed by atoms with Crippen LogP contribution in [-0.4, -0.2) is 35.0 Å². The molecule has 2 aromatic rings. The molecule has 0 unspecified atom stereocenters. The minimum absolute atomic E-state index is 0.105. The number of amides is 2. The van der Waals surface area contributed by atoms with Crippen LogP contribution < -0.4 is 10.6 Å². The van der Waals surface area contributed by atoms with Crippen molar-refractivity contribution in [2.75, 3.05) is 0 Å². The maximum absolute atomic E-state index is 12.8. The predicted molar refractivity (Wildman–Crippen MR) is 107 cm³/mol. The molecule has 0 heterocycles. The van der Waals surface area contributed by atoms with Gasteiger partial charge < -0.3 is 15.7 Å². The Morgan fingerprint density at radius 3 is 1.96 bits per heavy atom. The normalized spacial score (nSPS) is 12.8. The average molecular weight is 382 g/mol. The largest absolute Gasteiger partial charge is 0.480 e. The summed E-state index contributed by atoms with van der Waals surface area (Å²) in [6.45, 7) is 3.78. The van der Waals surface area contributed by atoms with E-state index in [9.17, 15) is 19.5 Å². The fraction of sp³-hybridized carbons (Fsp3) is 0.318. The quantitative estimate of drug-likeness (QED) is 0.621. The Balaban J connectivity index is 2.17. The zero-order valence-electron chi connectivity index (χ0n) is 16.1. The number of carboxylic acid groups (broad SMARTS) is 1. The Kier molecular flexibility index (Phi) is 7.75. The van der Waals surface area contributed by atoms with Crippen LogP contribution in [0.15, 0.2) is 60.7 Å². The van der Waals surface area contributed by atoms with Gasteiger partial charge in [0.15, 0.2) is 0 Å². The molecule has 0 saturated carbocycles. The molecule has 2 rings (SSSR count). The van der Waals surface area contributed by atoms with Gasteiger partial charge in [-0.15, -0.1) is 0 Å². The van der Waals surface area contributed by atoms with Crippen molar-refractivity contribution in [1.29, 1.82) is 0 Å². The highest BCUT2D eigenvalue weighted by Gasteiger charge is 2.27. The van der Waals surface area contributed by atoms with E-state index < -0.39 is 24.0 Å². The van der Waals surface area contributed by atoms with Gasteiger partial charge in [-0.05, 0) is 30.0 Å². The third-order valence-corrected chi connectivity index (χ3v) is 4.26. The maximum atomic E-state index is 12.8. The molecule has 0 bridgehead atoms. The second-order valence-corrected chi connectivity index (χ2v) is 7.11. The van der Waals surface area contributed by atoms with E-state index in [1.165, 1.54) is 0 Å². The molecule has 0 aromatic heterocycles. The van der Waals surface area contributed by atoms with Gasteiger partial charge in [-0.25, -0.2) is 4.79 Å². The molecular weight excluding hydrogens is 356 g/mol. The molecule has 0 saturated heterocycles. The number of hydrogen-bond acceptors (Lipinski definition) is 3. The van der Waals surface area contributed by atoms with E-state index in [1.54, 1.807) is 30.3 Å². The van der Waals surface area contributed by atoms with Crippen LogP contribution in [0.1, 0.15) is 36.2 Å². The lowest BCUT2D eigenvalue weighted by Crippen LogP contribution is -2.52. The summed E-state index contributed by atoms with van der Waals surface area (Å²) in [5.74, 6) is -1.88. The summed E-state index contributed by atoms with van der Waals surface area (Å²) in [5.41, 5.74) is 1.30. The minimum atomic E-state index is -1.09. The monoisotopic (exact) mass is 382 g/mol. The Morgan fingerprint density at radius 1 is 0.857 bits per heavy atom. The first-order valence-corrected chi connectivity index (χ1v) is 9.30. The van der Waals surface area contributed by atoms with Crippen LogP contribution in [0.25, 0.3) is 0 Å². The second kappa shape index (κ2) is 10.3. The summed E-state index contributed by atoms with van der Waals surface area (Å²) in [4.78, 5) is 36.9. The minimum Gasteiger partial charge on any atom is -0.480 e. The van der Waals surface area contributed by atoms with E-state index in [1.807, 2.05) is 44.2 Å². The number of carbonyl (C=O) groups excluding carboxylic acids is 2. The standard InChI is InChI=1S/C22H26N2O4/c1-15(2)13-19(22(27)28)24-21(26)18(14-16-9-5-3-6-10-16)23-20(25)17-11-7-4-8-12-17/h3-12,15,18-19H,13-14H2,1-2H3,(H,23,25)(H,24,26)(H,27,28)/t18-,19+/m0/s1. The Morgan fingerprint density at radius 2 is 1.43 bits per heavy atom. The number of aliphatic carboxylic acids is 1. The van der Waals surface area contributed by atoms with E-state index in [4.69, 9.17) is 0 Å². The Bertz CT molecular complexity index is 791. The molecule has 0 radical (unpaired) electrons. The lowest BCUT2D eigenvalue weighted by molar-refractivity contribution is -0.142. The highest BCUT2D eigenvalue weighted by molar-refractivity contribution is 5.98. The van der Waals surface area contributed by atoms with Gasteiger partial charge in [0, 0.05) is 12.0 Å². The first-order chi connectivity index (χ1) is 13.4. The zero-order valence-corrected chi connectivity index (χ0v) is 16.1. The SMILES string of the molecule is CC(C)C[C@@H](NC(=O)[C@H](Cc1ccccc1)NC(=O)c1ccccc1)C(=O)O. The van der Waals surface area contributed by atoms with E-state index in [2.05, 4.69) is 10.6 Å². The lowest BCUT2D eigenvalue weighted by atomic mass is 10.0. The molecule has 0 aliphatic heterocycles. The van der Waals surface area contributed by atoms with Crippen molar-refractivity contribution in [1.82, 2.24) is 10.6 Å². The number of nitrogens with one attached hydrogen (secondary N) is 2. The summed E-state index contributed by atoms with van der Waals surface area (Å²) in [6.07, 6.45) is 0.574. The van der Waals surface area contributed by atoms with Crippen molar-refractivity contribution in [3.05, 3.63) is 71.8 Å². The summed E-state index contributed by atoms with van der Waals surface area (Å²) >= 11 is 0. The molecular formula is C22H26N2O4. The van der Waals surface area contributed by atoms with Crippen LogP contribution in [0, 0.1) is 5.92 Å². The summed E-state index contributed by atoms with van der Waals surface area (Å²) in [6, 6.07) is 16.0. The third kappa shape index (κ3) is 6.54. The predicted octanol–water partition coefficient (Wildman–Crippen LogP) is 2.64. The molecule has 0 aliphatic rings. The zero-order chi connectivity index (χ0) is 20.5. The molecule has 2 aromatic carbocycles. The van der Waals surface area contributed by atoms with Crippen molar-refractivity contribution < 1.29 is 19.5 Å². The van der Waals surface area contributed by atoms with Crippen LogP contribution >= 0.6 is 0 Å². The molecule has 2 atom stereocenters. The van der Waals surface area contributed by atoms with Gasteiger partial charge >= 0.3 is 5.97 Å². The summed E-state index contributed by atoms with van der Waals surface area (Å²) in [7, 11) is 0. The number of carboxylic acids is 1. The second-order valence-electron chi connectivity index (χ2n) is 7.11. The van der Waals surface area contributed by atoms with Gasteiger partial charge in [0.1, 0.15) is 12.1 Å². The number of carbonyl (C=O) groups is 3. The highest BCUT2D eigenvalue weighted by atomic mass is 16.4. The van der Waals surface area contributed by atoms with E-state index >= 15 is 0 Å². The molecule has 0 spiro atoms. The maximum Gasteiger partial charge on any atom is 0.326 e. The van der Waals surface area contributed by atoms with Gasteiger partial charge in [0.2, 0.25) is 5.91 Å². The van der Waals surface area contributed by atoms with Gasteiger partial charge in [-0.1, -0.05) is 62.4 Å². The van der Waals surface area contributed by atoms with Crippen molar-refractivity contribution >= 4 is 17.8 Å². The van der Waals surface area contributed by atoms with Gasteiger partial charge in [0.05, 0.1) is 0 Å². The first kappa shape index (κ1) is 21.2. The number of benzene rings is 2. The van der Waals surface area contributed by atoms with Gasteiger partial charge in [-0.3, -0.25) is 9.59 Å². The van der Waals surface area contributed by atoms with Gasteiger partial charge in [-0.2, -0.15) is 0 Å². The Hall–Kier alpha value is -3.15. The van der Waals surface area contributed by atoms with E-state index in [0.29, 0.717) is 12.0 Å². The fourth-order valence-electron chi connectivity index (χ4n) is 2.86. The molecule has 148 valence electrons. The highest BCUT2D eigenvalue weighted by Crippen LogP contribution is 2.09. The smallest absolute Gasteiger partial charge is 0.326 e. The molecule has 0 aliphatic carbocycles. The summed E-state index contributed by atoms with van der Waals surface area (Å²) < 4.78 is 0. The molecule has 3 N–H and O–H groups in total. The van der Waals surface area contributed by atoms with Crippen LogP contribution in [0.2, 0.25) is 0 Å². The van der Waals surface area contributed by atoms with Crippen molar-refractivity contribution in [2.24, 2.45) is 5.92 Å². The topological polar surface area (TPSA) is 95.5 Å². The number of rotatable bonds is 9. The fourth-order valence-corrected chi connectivity index (χ4v) is 2.86. The van der Waals surface area contributed by atoms with Crippen molar-refractivity contribution in [3.63, 3.8) is 0 Å². The van der Waals surface area contributed by atoms with E-state index in [0.717, 1.165) is 5.56 Å². The van der Waals surface area contributed by atoms with Crippen molar-refractivity contribution in [2.45, 2.75) is 38.8 Å². The van der Waals surface area contributed by atoms with E-state index in [-0.39, 0.29) is 18.2 Å². The molecule has 28 heavy (non-hydrogen) atoms. The van der Waals surface area contributed by atoms with Crippen LogP contribution in [0.4, 0.5) is 0 Å². The van der Waals surface area contributed by atoms with Gasteiger partial charge in [0.25, 0.3) is 5.91 Å². The Labute approximate surface area is 165 Å². The molecule has 0 fully saturated rings. The average Bonchev–Trinajstić information content (AvgIpc) is 2.68. The molecule has 2 amide bonds. The molecule has 6 heteroatoms. The van der Waals surface area contributed by atoms with Crippen LogP contribution in [0.3, 0.4) is 0 Å². The molecule has 6 nitrogen and oxygen atoms in total. The van der Waals surface area contributed by atoms with Crippen LogP contribution in [-0.2, 0) is 16.0 Å². The lowest BCUT2D eigenvalue weighted by Gasteiger charge is -2.22. The summed E-state index contributed by atoms with van der Waals surface area (Å²) in [5, 5.41) is 14.7. The first-order valence-electron chi connectivity index (χ1n) is 9.30. The van der Waals surface area contributed by atoms with Crippen molar-refractivity contribution in [3.8, 4) is 0 Å². The van der Waals surface area contributed by atoms with Crippen LogP contribution in [0.5, 0.6) is 0 Å². The number of hydrogen-bond donors (Lipinski definition) is 3. The third-order valence-electron chi connectivity index (χ3n) is 4.26.